The Morgan fingerprint density at radius 2 is 1.71 bits per heavy atom. The predicted octanol–water partition coefficient (Wildman–Crippen LogP) is 5.69. The summed E-state index contributed by atoms with van der Waals surface area (Å²) < 4.78 is 19.1. The van der Waals surface area contributed by atoms with E-state index in [0.717, 1.165) is 33.3 Å². The van der Waals surface area contributed by atoms with Gasteiger partial charge in [-0.25, -0.2) is 9.79 Å². The van der Waals surface area contributed by atoms with E-state index in [9.17, 15) is 4.79 Å². The summed E-state index contributed by atoms with van der Waals surface area (Å²) in [5.74, 6) is 1.29. The molecule has 35 heavy (non-hydrogen) atoms. The largest absolute Gasteiger partial charge is 0.493 e. The molecule has 0 unspecified atom stereocenters. The highest BCUT2D eigenvalue weighted by molar-refractivity contribution is 6.13. The topological polar surface area (TPSA) is 62.1 Å². The second kappa shape index (κ2) is 9.50. The molecule has 0 saturated carbocycles. The molecule has 3 aromatic carbocycles. The van der Waals surface area contributed by atoms with E-state index in [1.165, 1.54) is 0 Å². The summed E-state index contributed by atoms with van der Waals surface area (Å²) in [5, 5.41) is 1.06. The Labute approximate surface area is 204 Å². The second-order valence-electron chi connectivity index (χ2n) is 8.37. The number of aryl methyl sites for hydroxylation is 1. The van der Waals surface area contributed by atoms with Crippen LogP contribution in [0.25, 0.3) is 17.0 Å². The lowest BCUT2D eigenvalue weighted by Crippen LogP contribution is -2.10. The molecule has 6 nitrogen and oxygen atoms in total. The first-order valence-corrected chi connectivity index (χ1v) is 11.5. The van der Waals surface area contributed by atoms with Gasteiger partial charge in [0.15, 0.2) is 17.2 Å². The number of benzene rings is 3. The van der Waals surface area contributed by atoms with E-state index in [0.29, 0.717) is 30.5 Å². The Morgan fingerprint density at radius 3 is 2.49 bits per heavy atom. The molecule has 0 atom stereocenters. The monoisotopic (exact) mass is 466 g/mol. The fourth-order valence-corrected chi connectivity index (χ4v) is 4.33. The number of esters is 1. The Balaban J connectivity index is 1.48. The van der Waals surface area contributed by atoms with Crippen LogP contribution in [0.3, 0.4) is 0 Å². The van der Waals surface area contributed by atoms with E-state index in [-0.39, 0.29) is 5.70 Å². The normalized spacial score (nSPS) is 14.3. The third-order valence-electron chi connectivity index (χ3n) is 6.09. The molecule has 0 saturated heterocycles. The van der Waals surface area contributed by atoms with Crippen LogP contribution in [0.1, 0.15) is 22.4 Å². The van der Waals surface area contributed by atoms with Gasteiger partial charge in [0.25, 0.3) is 0 Å². The van der Waals surface area contributed by atoms with Gasteiger partial charge < -0.3 is 18.8 Å². The second-order valence-corrected chi connectivity index (χ2v) is 8.37. The van der Waals surface area contributed by atoms with Crippen molar-refractivity contribution < 1.29 is 19.0 Å². The predicted molar refractivity (Wildman–Crippen MR) is 137 cm³/mol. The van der Waals surface area contributed by atoms with Crippen molar-refractivity contribution in [2.24, 2.45) is 4.99 Å². The van der Waals surface area contributed by atoms with Crippen LogP contribution in [0, 0.1) is 13.8 Å². The van der Waals surface area contributed by atoms with Gasteiger partial charge in [-0.05, 0) is 56.3 Å². The summed E-state index contributed by atoms with van der Waals surface area (Å²) in [6, 6.07) is 23.4. The number of hydrogen-bond acceptors (Lipinski definition) is 5. The van der Waals surface area contributed by atoms with E-state index in [1.807, 2.05) is 67.6 Å². The van der Waals surface area contributed by atoms with E-state index < -0.39 is 5.97 Å². The fourth-order valence-electron chi connectivity index (χ4n) is 4.33. The molecule has 6 heteroatoms. The highest BCUT2D eigenvalue weighted by Gasteiger charge is 2.25. The van der Waals surface area contributed by atoms with Crippen LogP contribution in [0.15, 0.2) is 83.5 Å². The minimum absolute atomic E-state index is 0.290. The van der Waals surface area contributed by atoms with Gasteiger partial charge in [-0.2, -0.15) is 0 Å². The fraction of sp³-hybridized carbons (Fsp3) is 0.172. The average molecular weight is 467 g/mol. The van der Waals surface area contributed by atoms with Crippen LogP contribution in [0.5, 0.6) is 11.5 Å². The van der Waals surface area contributed by atoms with Crippen LogP contribution in [0.4, 0.5) is 0 Å². The highest BCUT2D eigenvalue weighted by Crippen LogP contribution is 2.31. The zero-order valence-electron chi connectivity index (χ0n) is 19.9. The van der Waals surface area contributed by atoms with Gasteiger partial charge >= 0.3 is 5.97 Å². The van der Waals surface area contributed by atoms with Crippen molar-refractivity contribution >= 4 is 28.8 Å². The first-order chi connectivity index (χ1) is 17.0. The number of hydrogen-bond donors (Lipinski definition) is 0. The van der Waals surface area contributed by atoms with Gasteiger partial charge in [-0.1, -0.05) is 42.0 Å². The molecule has 0 N–H and O–H groups in total. The molecule has 0 aliphatic carbocycles. The molecule has 0 radical (unpaired) electrons. The van der Waals surface area contributed by atoms with Gasteiger partial charge in [0.1, 0.15) is 6.61 Å². The molecule has 1 aliphatic rings. The van der Waals surface area contributed by atoms with Gasteiger partial charge in [0.05, 0.1) is 13.7 Å². The number of para-hydroxylation sites is 2. The van der Waals surface area contributed by atoms with Crippen molar-refractivity contribution in [1.82, 2.24) is 4.57 Å². The maximum atomic E-state index is 12.6. The number of methoxy groups -OCH3 is 1. The number of carbonyl (C=O) groups excluding carboxylic acids is 1. The number of nitrogens with zero attached hydrogens (tertiary/aromatic N) is 2. The smallest absolute Gasteiger partial charge is 0.363 e. The number of rotatable bonds is 7. The molecule has 1 aliphatic heterocycles. The highest BCUT2D eigenvalue weighted by atomic mass is 16.6. The van der Waals surface area contributed by atoms with Crippen LogP contribution in [-0.4, -0.2) is 30.2 Å². The quantitative estimate of drug-likeness (QED) is 0.259. The lowest BCUT2D eigenvalue weighted by molar-refractivity contribution is -0.129. The standard InChI is InChI=1S/C29H26N2O4/c1-19-13-14-25-23(17-19)22(18-24-29(32)35-28(30-24)21-9-5-4-6-10-21)20(2)31(25)15-16-34-27-12-8-7-11-26(27)33-3/h4-14,17-18H,15-16H2,1-3H3. The third kappa shape index (κ3) is 4.43. The first kappa shape index (κ1) is 22.5. The lowest BCUT2D eigenvalue weighted by Gasteiger charge is -2.12. The zero-order valence-corrected chi connectivity index (χ0v) is 19.9. The minimum Gasteiger partial charge on any atom is -0.493 e. The van der Waals surface area contributed by atoms with Crippen molar-refractivity contribution in [1.29, 1.82) is 0 Å². The van der Waals surface area contributed by atoms with Crippen molar-refractivity contribution in [3.8, 4) is 11.5 Å². The maximum Gasteiger partial charge on any atom is 0.363 e. The number of fused-ring (bicyclic) bond motifs is 1. The summed E-state index contributed by atoms with van der Waals surface area (Å²) in [5.41, 5.74) is 5.25. The zero-order chi connectivity index (χ0) is 24.4. The number of ether oxygens (including phenoxy) is 3. The lowest BCUT2D eigenvalue weighted by atomic mass is 10.1. The molecule has 5 rings (SSSR count). The number of aromatic nitrogens is 1. The van der Waals surface area contributed by atoms with Gasteiger partial charge in [-0.3, -0.25) is 0 Å². The molecule has 0 amide bonds. The van der Waals surface area contributed by atoms with E-state index in [1.54, 1.807) is 7.11 Å². The molecular formula is C29H26N2O4. The van der Waals surface area contributed by atoms with Crippen molar-refractivity contribution in [3.05, 3.63) is 101 Å². The summed E-state index contributed by atoms with van der Waals surface area (Å²) in [6.45, 7) is 5.21. The third-order valence-corrected chi connectivity index (χ3v) is 6.09. The van der Waals surface area contributed by atoms with Crippen LogP contribution in [-0.2, 0) is 16.1 Å². The van der Waals surface area contributed by atoms with Gasteiger partial charge in [0, 0.05) is 27.7 Å². The first-order valence-electron chi connectivity index (χ1n) is 11.5. The summed E-state index contributed by atoms with van der Waals surface area (Å²) in [6.07, 6.45) is 1.83. The SMILES string of the molecule is COc1ccccc1OCCn1c(C)c(C=C2N=C(c3ccccc3)OC2=O)c2cc(C)ccc21. The molecule has 0 bridgehead atoms. The Bertz CT molecular complexity index is 1470. The summed E-state index contributed by atoms with van der Waals surface area (Å²) in [7, 11) is 1.63. The Hall–Kier alpha value is -4.32. The van der Waals surface area contributed by atoms with E-state index >= 15 is 0 Å². The molecule has 0 fully saturated rings. The number of aliphatic imine (C=N–C) groups is 1. The molecule has 0 spiro atoms. The van der Waals surface area contributed by atoms with E-state index in [4.69, 9.17) is 14.2 Å². The van der Waals surface area contributed by atoms with Crippen LogP contribution >= 0.6 is 0 Å². The molecule has 176 valence electrons. The summed E-state index contributed by atoms with van der Waals surface area (Å²) in [4.78, 5) is 17.1. The van der Waals surface area contributed by atoms with Crippen molar-refractivity contribution in [3.63, 3.8) is 0 Å². The molecule has 1 aromatic heterocycles. The van der Waals surface area contributed by atoms with Crippen molar-refractivity contribution in [2.45, 2.75) is 20.4 Å². The van der Waals surface area contributed by atoms with Crippen molar-refractivity contribution in [2.75, 3.05) is 13.7 Å². The average Bonchev–Trinajstić information content (AvgIpc) is 3.37. The van der Waals surface area contributed by atoms with Crippen LogP contribution in [0.2, 0.25) is 0 Å². The molecular weight excluding hydrogens is 440 g/mol. The maximum absolute atomic E-state index is 12.6. The number of carbonyl (C=O) groups is 1. The van der Waals surface area contributed by atoms with Gasteiger partial charge in [0.2, 0.25) is 5.90 Å². The molecule has 4 aromatic rings. The van der Waals surface area contributed by atoms with Gasteiger partial charge in [-0.15, -0.1) is 0 Å². The Kier molecular flexibility index (Phi) is 6.10. The van der Waals surface area contributed by atoms with E-state index in [2.05, 4.69) is 34.7 Å². The minimum atomic E-state index is -0.448. The number of cyclic esters (lactones) is 1. The van der Waals surface area contributed by atoms with Crippen LogP contribution < -0.4 is 9.47 Å². The summed E-state index contributed by atoms with van der Waals surface area (Å²) >= 11 is 0. The Morgan fingerprint density at radius 1 is 0.971 bits per heavy atom. The molecule has 2 heterocycles.